The average Bonchev–Trinajstić information content (AvgIpc) is 3.39. The van der Waals surface area contributed by atoms with E-state index in [1.165, 1.54) is 11.1 Å². The highest BCUT2D eigenvalue weighted by Crippen LogP contribution is 2.37. The molecule has 27 heavy (non-hydrogen) atoms. The van der Waals surface area contributed by atoms with Gasteiger partial charge in [0.15, 0.2) is 0 Å². The highest BCUT2D eigenvalue weighted by atomic mass is 16.2. The van der Waals surface area contributed by atoms with E-state index >= 15 is 0 Å². The van der Waals surface area contributed by atoms with Crippen LogP contribution in [0.1, 0.15) is 41.1 Å². The monoisotopic (exact) mass is 360 g/mol. The Morgan fingerprint density at radius 1 is 0.963 bits per heavy atom. The van der Waals surface area contributed by atoms with Gasteiger partial charge in [-0.15, -0.1) is 0 Å². The molecule has 1 N–H and O–H groups in total. The third-order valence-corrected chi connectivity index (χ3v) is 6.12. The second kappa shape index (κ2) is 6.52. The number of nitrogens with one attached hydrogen (secondary N) is 1. The number of hydrogen-bond acceptors (Lipinski definition) is 2. The summed E-state index contributed by atoms with van der Waals surface area (Å²) in [4.78, 5) is 27.9. The fourth-order valence-electron chi connectivity index (χ4n) is 4.55. The summed E-state index contributed by atoms with van der Waals surface area (Å²) in [5.74, 6) is 0.606. The van der Waals surface area contributed by atoms with Crippen molar-refractivity contribution in [2.75, 3.05) is 6.54 Å². The number of carbonyl (C=O) groups is 2. The van der Waals surface area contributed by atoms with Gasteiger partial charge in [0.1, 0.15) is 6.04 Å². The van der Waals surface area contributed by atoms with E-state index in [0.717, 1.165) is 36.8 Å². The van der Waals surface area contributed by atoms with Crippen molar-refractivity contribution in [1.82, 2.24) is 10.2 Å². The fourth-order valence-corrected chi connectivity index (χ4v) is 4.55. The smallest absolute Gasteiger partial charge is 0.247 e. The zero-order chi connectivity index (χ0) is 18.4. The SMILES string of the molecule is O=C(NC1Cc2ccccc2C1)[C@@H]1c2ccccc2CC(=O)N1CC1CC1. The first-order chi connectivity index (χ1) is 13.2. The molecule has 1 atom stereocenters. The van der Waals surface area contributed by atoms with Crippen molar-refractivity contribution in [3.63, 3.8) is 0 Å². The number of amides is 2. The lowest BCUT2D eigenvalue weighted by Gasteiger charge is -2.37. The summed E-state index contributed by atoms with van der Waals surface area (Å²) in [6, 6.07) is 15.9. The van der Waals surface area contributed by atoms with Crippen molar-refractivity contribution in [3.8, 4) is 0 Å². The standard InChI is InChI=1S/C23H24N2O2/c26-21-13-18-7-3-4-8-20(18)22(25(21)14-15-9-10-15)23(27)24-19-11-16-5-1-2-6-17(16)12-19/h1-8,15,19,22H,9-14H2,(H,24,27)/t22-/m0/s1. The summed E-state index contributed by atoms with van der Waals surface area (Å²) >= 11 is 0. The molecule has 2 amide bonds. The van der Waals surface area contributed by atoms with Crippen molar-refractivity contribution in [1.29, 1.82) is 0 Å². The summed E-state index contributed by atoms with van der Waals surface area (Å²) in [5.41, 5.74) is 4.62. The molecule has 2 aliphatic carbocycles. The zero-order valence-corrected chi connectivity index (χ0v) is 15.4. The van der Waals surface area contributed by atoms with Gasteiger partial charge in [-0.25, -0.2) is 0 Å². The first kappa shape index (κ1) is 16.5. The third-order valence-electron chi connectivity index (χ3n) is 6.12. The number of nitrogens with zero attached hydrogens (tertiary/aromatic N) is 1. The van der Waals surface area contributed by atoms with Crippen LogP contribution in [0.25, 0.3) is 0 Å². The van der Waals surface area contributed by atoms with Gasteiger partial charge in [-0.05, 0) is 53.9 Å². The molecule has 2 aromatic rings. The Morgan fingerprint density at radius 2 is 1.59 bits per heavy atom. The molecule has 138 valence electrons. The number of rotatable bonds is 4. The maximum absolute atomic E-state index is 13.3. The van der Waals surface area contributed by atoms with E-state index in [0.29, 0.717) is 18.9 Å². The molecular formula is C23H24N2O2. The van der Waals surface area contributed by atoms with Crippen molar-refractivity contribution in [2.24, 2.45) is 5.92 Å². The van der Waals surface area contributed by atoms with Gasteiger partial charge < -0.3 is 10.2 Å². The Kier molecular flexibility index (Phi) is 4.00. The molecule has 0 radical (unpaired) electrons. The van der Waals surface area contributed by atoms with E-state index in [4.69, 9.17) is 0 Å². The molecule has 0 saturated heterocycles. The van der Waals surface area contributed by atoms with Gasteiger partial charge in [-0.2, -0.15) is 0 Å². The lowest BCUT2D eigenvalue weighted by Crippen LogP contribution is -2.50. The molecule has 1 aliphatic heterocycles. The highest BCUT2D eigenvalue weighted by molar-refractivity contribution is 5.92. The van der Waals surface area contributed by atoms with E-state index in [2.05, 4.69) is 29.6 Å². The number of hydrogen-bond donors (Lipinski definition) is 1. The minimum Gasteiger partial charge on any atom is -0.351 e. The normalized spacial score (nSPS) is 21.7. The molecule has 3 aliphatic rings. The van der Waals surface area contributed by atoms with Crippen molar-refractivity contribution >= 4 is 11.8 Å². The molecule has 1 heterocycles. The van der Waals surface area contributed by atoms with Crippen LogP contribution in [0.4, 0.5) is 0 Å². The van der Waals surface area contributed by atoms with Crippen LogP contribution in [0.3, 0.4) is 0 Å². The molecule has 2 aromatic carbocycles. The Balaban J connectivity index is 1.40. The van der Waals surface area contributed by atoms with Crippen LogP contribution in [0, 0.1) is 5.92 Å². The summed E-state index contributed by atoms with van der Waals surface area (Å²) in [5, 5.41) is 3.25. The molecule has 5 rings (SSSR count). The Morgan fingerprint density at radius 3 is 2.26 bits per heavy atom. The van der Waals surface area contributed by atoms with Crippen LogP contribution in [-0.2, 0) is 28.9 Å². The second-order valence-electron chi connectivity index (χ2n) is 8.15. The first-order valence-electron chi connectivity index (χ1n) is 9.93. The zero-order valence-electron chi connectivity index (χ0n) is 15.4. The molecular weight excluding hydrogens is 336 g/mol. The fraction of sp³-hybridized carbons (Fsp3) is 0.391. The van der Waals surface area contributed by atoms with Gasteiger partial charge in [0, 0.05) is 12.6 Å². The average molecular weight is 360 g/mol. The summed E-state index contributed by atoms with van der Waals surface area (Å²) < 4.78 is 0. The first-order valence-corrected chi connectivity index (χ1v) is 9.93. The predicted molar refractivity (Wildman–Crippen MR) is 103 cm³/mol. The number of carbonyl (C=O) groups excluding carboxylic acids is 2. The lowest BCUT2D eigenvalue weighted by atomic mass is 9.91. The minimum atomic E-state index is -0.494. The van der Waals surface area contributed by atoms with Crippen LogP contribution >= 0.6 is 0 Å². The van der Waals surface area contributed by atoms with E-state index in [-0.39, 0.29) is 17.9 Å². The van der Waals surface area contributed by atoms with Gasteiger partial charge in [0.2, 0.25) is 11.8 Å². The summed E-state index contributed by atoms with van der Waals surface area (Å²) in [6.45, 7) is 0.705. The molecule has 0 aromatic heterocycles. The van der Waals surface area contributed by atoms with Crippen molar-refractivity contribution < 1.29 is 9.59 Å². The molecule has 0 spiro atoms. The molecule has 1 saturated carbocycles. The number of benzene rings is 2. The molecule has 4 nitrogen and oxygen atoms in total. The molecule has 4 heteroatoms. The summed E-state index contributed by atoms with van der Waals surface area (Å²) in [6.07, 6.45) is 4.47. The molecule has 1 fully saturated rings. The maximum atomic E-state index is 13.3. The van der Waals surface area contributed by atoms with Crippen LogP contribution < -0.4 is 5.32 Å². The van der Waals surface area contributed by atoms with Gasteiger partial charge in [-0.3, -0.25) is 9.59 Å². The van der Waals surface area contributed by atoms with Gasteiger partial charge in [0.25, 0.3) is 0 Å². The quantitative estimate of drug-likeness (QED) is 0.911. The van der Waals surface area contributed by atoms with E-state index in [9.17, 15) is 9.59 Å². The Bertz CT molecular complexity index is 878. The molecule has 0 bridgehead atoms. The van der Waals surface area contributed by atoms with E-state index in [1.54, 1.807) is 0 Å². The predicted octanol–water partition coefficient (Wildman–Crippen LogP) is 2.81. The van der Waals surface area contributed by atoms with Gasteiger partial charge in [-0.1, -0.05) is 48.5 Å². The lowest BCUT2D eigenvalue weighted by molar-refractivity contribution is -0.142. The minimum absolute atomic E-state index is 0.0334. The van der Waals surface area contributed by atoms with Crippen molar-refractivity contribution in [2.45, 2.75) is 44.2 Å². The van der Waals surface area contributed by atoms with Crippen molar-refractivity contribution in [3.05, 3.63) is 70.8 Å². The summed E-state index contributed by atoms with van der Waals surface area (Å²) in [7, 11) is 0. The Hall–Kier alpha value is -2.62. The largest absolute Gasteiger partial charge is 0.351 e. The van der Waals surface area contributed by atoms with Gasteiger partial charge >= 0.3 is 0 Å². The van der Waals surface area contributed by atoms with E-state index in [1.807, 2.05) is 29.2 Å². The topological polar surface area (TPSA) is 49.4 Å². The van der Waals surface area contributed by atoms with E-state index < -0.39 is 6.04 Å². The van der Waals surface area contributed by atoms with Gasteiger partial charge in [0.05, 0.1) is 6.42 Å². The van der Waals surface area contributed by atoms with Crippen LogP contribution in [0.5, 0.6) is 0 Å². The number of fused-ring (bicyclic) bond motifs is 2. The Labute approximate surface area is 159 Å². The second-order valence-corrected chi connectivity index (χ2v) is 8.15. The van der Waals surface area contributed by atoms with Crippen LogP contribution in [-0.4, -0.2) is 29.3 Å². The van der Waals surface area contributed by atoms with Crippen LogP contribution in [0.15, 0.2) is 48.5 Å². The van der Waals surface area contributed by atoms with Crippen LogP contribution in [0.2, 0.25) is 0 Å². The maximum Gasteiger partial charge on any atom is 0.247 e. The third kappa shape index (κ3) is 3.14. The molecule has 0 unspecified atom stereocenters. The highest BCUT2D eigenvalue weighted by Gasteiger charge is 2.40.